The van der Waals surface area contributed by atoms with Gasteiger partial charge in [-0.05, 0) is 37.9 Å². The van der Waals surface area contributed by atoms with E-state index >= 15 is 0 Å². The second-order valence-corrected chi connectivity index (χ2v) is 6.19. The van der Waals surface area contributed by atoms with E-state index in [9.17, 15) is 0 Å². The van der Waals surface area contributed by atoms with Crippen LogP contribution in [0.25, 0.3) is 0 Å². The van der Waals surface area contributed by atoms with Gasteiger partial charge in [0, 0.05) is 25.2 Å². The molecule has 0 unspecified atom stereocenters. The molecule has 1 heterocycles. The van der Waals surface area contributed by atoms with E-state index in [1.54, 1.807) is 21.3 Å². The summed E-state index contributed by atoms with van der Waals surface area (Å²) in [5, 5.41) is 3.51. The fourth-order valence-electron chi connectivity index (χ4n) is 3.05. The van der Waals surface area contributed by atoms with Gasteiger partial charge in [-0.1, -0.05) is 13.0 Å². The second-order valence-electron chi connectivity index (χ2n) is 6.19. The Morgan fingerprint density at radius 1 is 1.04 bits per heavy atom. The van der Waals surface area contributed by atoms with E-state index in [2.05, 4.69) is 17.1 Å². The summed E-state index contributed by atoms with van der Waals surface area (Å²) in [5.74, 6) is 2.97. The third kappa shape index (κ3) is 4.75. The molecule has 0 amide bonds. The molecule has 1 saturated heterocycles. The number of benzene rings is 1. The molecule has 1 fully saturated rings. The van der Waals surface area contributed by atoms with Gasteiger partial charge in [-0.2, -0.15) is 0 Å². The molecule has 0 saturated carbocycles. The van der Waals surface area contributed by atoms with Gasteiger partial charge in [0.05, 0.1) is 21.3 Å². The fourth-order valence-corrected chi connectivity index (χ4v) is 3.05. The molecule has 0 bridgehead atoms. The summed E-state index contributed by atoms with van der Waals surface area (Å²) >= 11 is 0. The number of hydrogen-bond donors (Lipinski definition) is 1. The van der Waals surface area contributed by atoms with Gasteiger partial charge in [-0.25, -0.2) is 0 Å². The van der Waals surface area contributed by atoms with Gasteiger partial charge in [-0.3, -0.25) is 0 Å². The van der Waals surface area contributed by atoms with Crippen molar-refractivity contribution in [3.63, 3.8) is 0 Å². The summed E-state index contributed by atoms with van der Waals surface area (Å²) < 4.78 is 16.3. The summed E-state index contributed by atoms with van der Waals surface area (Å²) in [6, 6.07) is 3.94. The highest BCUT2D eigenvalue weighted by molar-refractivity contribution is 5.55. The Morgan fingerprint density at radius 2 is 1.74 bits per heavy atom. The summed E-state index contributed by atoms with van der Waals surface area (Å²) in [4.78, 5) is 2.54. The minimum absolute atomic E-state index is 0.652. The van der Waals surface area contributed by atoms with E-state index < -0.39 is 0 Å². The third-order valence-electron chi connectivity index (χ3n) is 4.58. The fraction of sp³-hybridized carbons (Fsp3) is 0.667. The van der Waals surface area contributed by atoms with Crippen molar-refractivity contribution >= 4 is 0 Å². The van der Waals surface area contributed by atoms with Crippen LogP contribution in [0.5, 0.6) is 17.2 Å². The van der Waals surface area contributed by atoms with Crippen LogP contribution in [0, 0.1) is 5.92 Å². The van der Waals surface area contributed by atoms with Crippen LogP contribution in [-0.2, 0) is 6.54 Å². The van der Waals surface area contributed by atoms with Gasteiger partial charge < -0.3 is 24.4 Å². The number of piperidine rings is 1. The standard InChI is InChI=1S/C18H30N2O3/c1-14-7-10-20(11-8-14)12-9-19-13-15-5-6-16(21-2)18(23-4)17(15)22-3/h5-6,14,19H,7-13H2,1-4H3. The molecular weight excluding hydrogens is 292 g/mol. The SMILES string of the molecule is COc1ccc(CNCCN2CCC(C)CC2)c(OC)c1OC. The highest BCUT2D eigenvalue weighted by atomic mass is 16.5. The van der Waals surface area contributed by atoms with E-state index in [1.807, 2.05) is 12.1 Å². The van der Waals surface area contributed by atoms with Crippen molar-refractivity contribution in [3.8, 4) is 17.2 Å². The minimum Gasteiger partial charge on any atom is -0.493 e. The lowest BCUT2D eigenvalue weighted by Crippen LogP contribution is -2.37. The molecule has 1 aromatic carbocycles. The van der Waals surface area contributed by atoms with Gasteiger partial charge in [-0.15, -0.1) is 0 Å². The number of nitrogens with zero attached hydrogens (tertiary/aromatic N) is 1. The Balaban J connectivity index is 1.85. The van der Waals surface area contributed by atoms with Crippen molar-refractivity contribution in [2.45, 2.75) is 26.3 Å². The van der Waals surface area contributed by atoms with Crippen molar-refractivity contribution < 1.29 is 14.2 Å². The monoisotopic (exact) mass is 322 g/mol. The van der Waals surface area contributed by atoms with E-state index in [1.165, 1.54) is 25.9 Å². The molecule has 5 nitrogen and oxygen atoms in total. The van der Waals surface area contributed by atoms with Crippen LogP contribution in [0.4, 0.5) is 0 Å². The topological polar surface area (TPSA) is 43.0 Å². The van der Waals surface area contributed by atoms with Crippen LogP contribution < -0.4 is 19.5 Å². The zero-order valence-electron chi connectivity index (χ0n) is 14.9. The maximum Gasteiger partial charge on any atom is 0.203 e. The predicted octanol–water partition coefficient (Wildman–Crippen LogP) is 2.53. The summed E-state index contributed by atoms with van der Waals surface area (Å²) in [7, 11) is 4.93. The van der Waals surface area contributed by atoms with Gasteiger partial charge in [0.2, 0.25) is 5.75 Å². The van der Waals surface area contributed by atoms with E-state index in [-0.39, 0.29) is 0 Å². The molecule has 2 rings (SSSR count). The second kappa shape index (κ2) is 8.99. The van der Waals surface area contributed by atoms with Crippen LogP contribution in [0.15, 0.2) is 12.1 Å². The van der Waals surface area contributed by atoms with Crippen LogP contribution >= 0.6 is 0 Å². The molecular formula is C18H30N2O3. The van der Waals surface area contributed by atoms with Crippen molar-refractivity contribution in [3.05, 3.63) is 17.7 Å². The average Bonchev–Trinajstić information content (AvgIpc) is 2.59. The molecule has 5 heteroatoms. The summed E-state index contributed by atoms with van der Waals surface area (Å²) in [5.41, 5.74) is 1.08. The first kappa shape index (κ1) is 17.9. The van der Waals surface area contributed by atoms with E-state index in [0.717, 1.165) is 36.9 Å². The van der Waals surface area contributed by atoms with Crippen LogP contribution in [0.3, 0.4) is 0 Å². The lowest BCUT2D eigenvalue weighted by Gasteiger charge is -2.30. The Bertz CT molecular complexity index is 485. The van der Waals surface area contributed by atoms with Gasteiger partial charge in [0.25, 0.3) is 0 Å². The Kier molecular flexibility index (Phi) is 6.99. The van der Waals surface area contributed by atoms with Crippen molar-refractivity contribution in [2.75, 3.05) is 47.5 Å². The Morgan fingerprint density at radius 3 is 2.35 bits per heavy atom. The number of likely N-dealkylation sites (tertiary alicyclic amines) is 1. The number of nitrogens with one attached hydrogen (secondary N) is 1. The molecule has 0 atom stereocenters. The van der Waals surface area contributed by atoms with Crippen LogP contribution in [0.2, 0.25) is 0 Å². The third-order valence-corrected chi connectivity index (χ3v) is 4.58. The molecule has 1 aliphatic heterocycles. The number of ether oxygens (including phenoxy) is 3. The summed E-state index contributed by atoms with van der Waals surface area (Å²) in [6.45, 7) is 7.63. The van der Waals surface area contributed by atoms with Crippen molar-refractivity contribution in [1.29, 1.82) is 0 Å². The van der Waals surface area contributed by atoms with E-state index in [4.69, 9.17) is 14.2 Å². The quantitative estimate of drug-likeness (QED) is 0.745. The molecule has 23 heavy (non-hydrogen) atoms. The Hall–Kier alpha value is -1.46. The lowest BCUT2D eigenvalue weighted by atomic mass is 9.99. The van der Waals surface area contributed by atoms with Crippen LogP contribution in [-0.4, -0.2) is 52.4 Å². The lowest BCUT2D eigenvalue weighted by molar-refractivity contribution is 0.193. The first-order valence-corrected chi connectivity index (χ1v) is 8.40. The molecule has 0 radical (unpaired) electrons. The van der Waals surface area contributed by atoms with Crippen molar-refractivity contribution in [2.24, 2.45) is 5.92 Å². The maximum absolute atomic E-state index is 5.51. The van der Waals surface area contributed by atoms with Gasteiger partial charge in [0.15, 0.2) is 11.5 Å². The number of rotatable bonds is 8. The van der Waals surface area contributed by atoms with Crippen LogP contribution in [0.1, 0.15) is 25.3 Å². The maximum atomic E-state index is 5.51. The molecule has 0 spiro atoms. The van der Waals surface area contributed by atoms with Gasteiger partial charge in [0.1, 0.15) is 0 Å². The van der Waals surface area contributed by atoms with E-state index in [0.29, 0.717) is 11.5 Å². The highest BCUT2D eigenvalue weighted by Crippen LogP contribution is 2.39. The zero-order chi connectivity index (χ0) is 16.7. The molecule has 1 aromatic rings. The zero-order valence-corrected chi connectivity index (χ0v) is 14.9. The smallest absolute Gasteiger partial charge is 0.203 e. The predicted molar refractivity (Wildman–Crippen MR) is 92.6 cm³/mol. The average molecular weight is 322 g/mol. The largest absolute Gasteiger partial charge is 0.493 e. The number of methoxy groups -OCH3 is 3. The first-order chi connectivity index (χ1) is 11.2. The number of hydrogen-bond acceptors (Lipinski definition) is 5. The van der Waals surface area contributed by atoms with Crippen molar-refractivity contribution in [1.82, 2.24) is 10.2 Å². The first-order valence-electron chi connectivity index (χ1n) is 8.40. The minimum atomic E-state index is 0.652. The molecule has 0 aliphatic carbocycles. The normalized spacial score (nSPS) is 16.3. The summed E-state index contributed by atoms with van der Waals surface area (Å²) in [6.07, 6.45) is 2.65. The molecule has 0 aromatic heterocycles. The molecule has 1 N–H and O–H groups in total. The Labute approximate surface area is 139 Å². The molecule has 1 aliphatic rings. The molecule has 130 valence electrons. The van der Waals surface area contributed by atoms with Gasteiger partial charge >= 0.3 is 0 Å². The highest BCUT2D eigenvalue weighted by Gasteiger charge is 2.16.